The molecule has 0 fully saturated rings. The summed E-state index contributed by atoms with van der Waals surface area (Å²) in [5.74, 6) is 1.82. The number of para-hydroxylation sites is 1. The van der Waals surface area contributed by atoms with E-state index in [0.29, 0.717) is 17.5 Å². The Bertz CT molecular complexity index is 3100. The first-order valence-corrected chi connectivity index (χ1v) is 17.5. The van der Waals surface area contributed by atoms with Crippen LogP contribution in [0.1, 0.15) is 0 Å². The van der Waals surface area contributed by atoms with Crippen molar-refractivity contribution < 1.29 is 4.42 Å². The average Bonchev–Trinajstić information content (AvgIpc) is 3.78. The average molecular weight is 665 g/mol. The largest absolute Gasteiger partial charge is 0.456 e. The van der Waals surface area contributed by atoms with Crippen LogP contribution in [0, 0.1) is 0 Å². The van der Waals surface area contributed by atoms with Crippen LogP contribution < -0.4 is 0 Å². The van der Waals surface area contributed by atoms with Gasteiger partial charge in [0.1, 0.15) is 11.2 Å². The zero-order valence-electron chi connectivity index (χ0n) is 27.9. The summed E-state index contributed by atoms with van der Waals surface area (Å²) in [6, 6.07) is 59.2. The number of aromatic nitrogens is 4. The fourth-order valence-corrected chi connectivity index (χ4v) is 7.91. The zero-order chi connectivity index (χ0) is 34.2. The molecule has 11 aromatic rings. The summed E-state index contributed by atoms with van der Waals surface area (Å²) in [4.78, 5) is 15.4. The third-order valence-electron chi connectivity index (χ3n) is 10.2. The van der Waals surface area contributed by atoms with Crippen molar-refractivity contribution in [2.24, 2.45) is 0 Å². The number of fused-ring (bicyclic) bond motifs is 10. The monoisotopic (exact) mass is 664 g/mol. The second-order valence-electron chi connectivity index (χ2n) is 13.2. The summed E-state index contributed by atoms with van der Waals surface area (Å²) in [7, 11) is 0. The first-order valence-electron chi connectivity index (χ1n) is 17.5. The van der Waals surface area contributed by atoms with Crippen molar-refractivity contribution in [3.8, 4) is 39.9 Å². The van der Waals surface area contributed by atoms with Gasteiger partial charge in [0, 0.05) is 43.9 Å². The SMILES string of the molecule is c1ccc(-c2nc(-c3cccc(-n4c5ccc6ccccc6c5c5c6ccccc6ccc54)c3)nc(-c3cccc4oc5ccccc5c34)n2)cc1. The molecule has 11 rings (SSSR count). The highest BCUT2D eigenvalue weighted by atomic mass is 16.3. The molecule has 3 heterocycles. The fourth-order valence-electron chi connectivity index (χ4n) is 7.91. The molecule has 0 bridgehead atoms. The smallest absolute Gasteiger partial charge is 0.164 e. The van der Waals surface area contributed by atoms with Crippen LogP contribution in [-0.4, -0.2) is 19.5 Å². The van der Waals surface area contributed by atoms with Gasteiger partial charge in [0.05, 0.1) is 11.0 Å². The maximum absolute atomic E-state index is 6.25. The molecule has 5 heteroatoms. The molecule has 0 saturated carbocycles. The lowest BCUT2D eigenvalue weighted by Gasteiger charge is -2.12. The number of benzene rings is 8. The second kappa shape index (κ2) is 11.2. The molecular formula is C47H28N4O. The minimum atomic E-state index is 0.598. The van der Waals surface area contributed by atoms with Crippen molar-refractivity contribution in [3.63, 3.8) is 0 Å². The molecule has 0 aliphatic heterocycles. The summed E-state index contributed by atoms with van der Waals surface area (Å²) >= 11 is 0. The Morgan fingerprint density at radius 3 is 1.67 bits per heavy atom. The lowest BCUT2D eigenvalue weighted by molar-refractivity contribution is 0.669. The van der Waals surface area contributed by atoms with Crippen molar-refractivity contribution in [3.05, 3.63) is 170 Å². The summed E-state index contributed by atoms with van der Waals surface area (Å²) < 4.78 is 8.63. The Balaban J connectivity index is 1.17. The summed E-state index contributed by atoms with van der Waals surface area (Å²) in [5, 5.41) is 9.47. The van der Waals surface area contributed by atoms with E-state index in [-0.39, 0.29) is 0 Å². The lowest BCUT2D eigenvalue weighted by Crippen LogP contribution is -2.01. The van der Waals surface area contributed by atoms with Gasteiger partial charge in [0.25, 0.3) is 0 Å². The van der Waals surface area contributed by atoms with Gasteiger partial charge < -0.3 is 8.98 Å². The zero-order valence-corrected chi connectivity index (χ0v) is 27.9. The molecule has 0 spiro atoms. The summed E-state index contributed by atoms with van der Waals surface area (Å²) in [6.45, 7) is 0. The van der Waals surface area contributed by atoms with Gasteiger partial charge in [-0.05, 0) is 57.9 Å². The Morgan fingerprint density at radius 2 is 0.942 bits per heavy atom. The molecule has 0 saturated heterocycles. The number of nitrogens with zero attached hydrogens (tertiary/aromatic N) is 4. The first-order chi connectivity index (χ1) is 25.8. The highest BCUT2D eigenvalue weighted by Crippen LogP contribution is 2.41. The predicted octanol–water partition coefficient (Wildman–Crippen LogP) is 12.2. The van der Waals surface area contributed by atoms with Crippen LogP contribution in [0.4, 0.5) is 0 Å². The van der Waals surface area contributed by atoms with Crippen LogP contribution in [0.25, 0.3) is 105 Å². The molecule has 0 aliphatic carbocycles. The number of hydrogen-bond donors (Lipinski definition) is 0. The Hall–Kier alpha value is -7.11. The first kappa shape index (κ1) is 28.7. The topological polar surface area (TPSA) is 56.7 Å². The van der Waals surface area contributed by atoms with Crippen molar-refractivity contribution in [1.82, 2.24) is 19.5 Å². The number of rotatable bonds is 4. The molecule has 0 aliphatic rings. The minimum Gasteiger partial charge on any atom is -0.456 e. The molecule has 8 aromatic carbocycles. The van der Waals surface area contributed by atoms with Gasteiger partial charge in [0.15, 0.2) is 17.5 Å². The molecule has 52 heavy (non-hydrogen) atoms. The Kier molecular flexibility index (Phi) is 6.18. The molecule has 0 atom stereocenters. The fraction of sp³-hybridized carbons (Fsp3) is 0. The van der Waals surface area contributed by atoms with E-state index in [4.69, 9.17) is 19.4 Å². The van der Waals surface area contributed by atoms with Gasteiger partial charge in [-0.25, -0.2) is 15.0 Å². The van der Waals surface area contributed by atoms with E-state index in [1.54, 1.807) is 0 Å². The van der Waals surface area contributed by atoms with Gasteiger partial charge in [-0.3, -0.25) is 0 Å². The van der Waals surface area contributed by atoms with Gasteiger partial charge in [-0.15, -0.1) is 0 Å². The van der Waals surface area contributed by atoms with E-state index in [2.05, 4.69) is 114 Å². The summed E-state index contributed by atoms with van der Waals surface area (Å²) in [5.41, 5.74) is 7.71. The van der Waals surface area contributed by atoms with E-state index >= 15 is 0 Å². The van der Waals surface area contributed by atoms with Crippen molar-refractivity contribution in [2.75, 3.05) is 0 Å². The normalized spacial score (nSPS) is 11.8. The number of furan rings is 1. The van der Waals surface area contributed by atoms with Crippen molar-refractivity contribution >= 4 is 65.3 Å². The van der Waals surface area contributed by atoms with Gasteiger partial charge in [0.2, 0.25) is 0 Å². The molecule has 5 nitrogen and oxygen atoms in total. The molecule has 0 unspecified atom stereocenters. The predicted molar refractivity (Wildman–Crippen MR) is 213 cm³/mol. The molecule has 0 N–H and O–H groups in total. The Morgan fingerprint density at radius 1 is 0.385 bits per heavy atom. The van der Waals surface area contributed by atoms with Crippen LogP contribution >= 0.6 is 0 Å². The van der Waals surface area contributed by atoms with Crippen molar-refractivity contribution in [1.29, 1.82) is 0 Å². The molecule has 0 amide bonds. The molecular weight excluding hydrogens is 637 g/mol. The van der Waals surface area contributed by atoms with Gasteiger partial charge in [-0.1, -0.05) is 133 Å². The number of hydrogen-bond acceptors (Lipinski definition) is 4. The second-order valence-corrected chi connectivity index (χ2v) is 13.2. The van der Waals surface area contributed by atoms with Crippen LogP contribution in [0.2, 0.25) is 0 Å². The molecule has 242 valence electrons. The third kappa shape index (κ3) is 4.33. The maximum Gasteiger partial charge on any atom is 0.164 e. The van der Waals surface area contributed by atoms with E-state index in [0.717, 1.165) is 55.3 Å². The van der Waals surface area contributed by atoms with Crippen LogP contribution in [0.3, 0.4) is 0 Å². The Labute approximate surface area is 298 Å². The van der Waals surface area contributed by atoms with Gasteiger partial charge in [-0.2, -0.15) is 0 Å². The van der Waals surface area contributed by atoms with Crippen molar-refractivity contribution in [2.45, 2.75) is 0 Å². The lowest BCUT2D eigenvalue weighted by atomic mass is 10.00. The van der Waals surface area contributed by atoms with E-state index in [9.17, 15) is 0 Å². The summed E-state index contributed by atoms with van der Waals surface area (Å²) in [6.07, 6.45) is 0. The molecule has 3 aromatic heterocycles. The highest BCUT2D eigenvalue weighted by Gasteiger charge is 2.20. The maximum atomic E-state index is 6.25. The highest BCUT2D eigenvalue weighted by molar-refractivity contribution is 6.28. The van der Waals surface area contributed by atoms with Crippen LogP contribution in [-0.2, 0) is 0 Å². The van der Waals surface area contributed by atoms with E-state index in [1.807, 2.05) is 60.7 Å². The van der Waals surface area contributed by atoms with Crippen LogP contribution in [0.15, 0.2) is 174 Å². The minimum absolute atomic E-state index is 0.598. The third-order valence-corrected chi connectivity index (χ3v) is 10.2. The van der Waals surface area contributed by atoms with Crippen LogP contribution in [0.5, 0.6) is 0 Å². The van der Waals surface area contributed by atoms with Gasteiger partial charge >= 0.3 is 0 Å². The standard InChI is InChI=1S/C47H28N4O/c1-2-14-31(15-3-1)45-48-46(50-47(49-45)37-21-11-23-41-42(37)36-20-8-9-22-40(36)52-41)32-16-10-17-33(28-32)51-38-26-24-29-12-4-6-18-34(29)43(38)44-35-19-7-5-13-30(35)25-27-39(44)51/h1-28H. The quantitative estimate of drug-likeness (QED) is 0.188. The van der Waals surface area contributed by atoms with E-state index in [1.165, 1.54) is 32.3 Å². The molecule has 0 radical (unpaired) electrons. The van der Waals surface area contributed by atoms with E-state index < -0.39 is 0 Å².